The first-order valence-electron chi connectivity index (χ1n) is 14.4. The number of anilines is 1. The van der Waals surface area contributed by atoms with Gasteiger partial charge in [-0.2, -0.15) is 13.2 Å². The Hall–Kier alpha value is -4.07. The summed E-state index contributed by atoms with van der Waals surface area (Å²) in [5.41, 5.74) is 1.04. The average molecular weight is 640 g/mol. The molecule has 4 rings (SSSR count). The summed E-state index contributed by atoms with van der Waals surface area (Å²) in [5.74, 6) is -3.32. The lowest BCUT2D eigenvalue weighted by molar-refractivity contribution is -0.207. The molecule has 2 atom stereocenters. The number of carbonyl (C=O) groups is 2. The Morgan fingerprint density at radius 2 is 1.71 bits per heavy atom. The van der Waals surface area contributed by atoms with E-state index in [9.17, 15) is 27.9 Å². The molecule has 2 unspecified atom stereocenters. The second-order valence-corrected chi connectivity index (χ2v) is 11.8. The summed E-state index contributed by atoms with van der Waals surface area (Å²) < 4.78 is 75.3. The van der Waals surface area contributed by atoms with E-state index < -0.39 is 41.4 Å². The highest BCUT2D eigenvalue weighted by atomic mass is 19.4. The minimum absolute atomic E-state index is 0.0194. The lowest BCUT2D eigenvalue weighted by Crippen LogP contribution is -2.36. The number of Topliss-reactive ketones (excluding diaryl/α,β-unsaturated/α-hetero) is 1. The van der Waals surface area contributed by atoms with Crippen molar-refractivity contribution in [2.24, 2.45) is 0 Å². The third kappa shape index (κ3) is 6.80. The number of benzene rings is 2. The third-order valence-electron chi connectivity index (χ3n) is 7.58. The van der Waals surface area contributed by atoms with Crippen LogP contribution in [0.4, 0.5) is 23.2 Å². The number of rotatable bonds is 10. The zero-order chi connectivity index (χ0) is 33.4. The summed E-state index contributed by atoms with van der Waals surface area (Å²) in [5, 5.41) is 19.1. The fourth-order valence-corrected chi connectivity index (χ4v) is 5.48. The fourth-order valence-electron chi connectivity index (χ4n) is 5.48. The van der Waals surface area contributed by atoms with Crippen LogP contribution >= 0.6 is 0 Å². The van der Waals surface area contributed by atoms with E-state index in [0.717, 1.165) is 0 Å². The number of hydrogen-bond acceptors (Lipinski definition) is 9. The van der Waals surface area contributed by atoms with Gasteiger partial charge in [0.1, 0.15) is 23.8 Å². The molecule has 0 saturated carbocycles. The van der Waals surface area contributed by atoms with Crippen LogP contribution in [0.3, 0.4) is 0 Å². The Bertz CT molecular complexity index is 1490. The van der Waals surface area contributed by atoms with E-state index >= 15 is 4.39 Å². The Morgan fingerprint density at radius 1 is 1.04 bits per heavy atom. The maximum Gasteiger partial charge on any atom is 0.490 e. The summed E-state index contributed by atoms with van der Waals surface area (Å²) in [4.78, 5) is 28.1. The van der Waals surface area contributed by atoms with Crippen molar-refractivity contribution in [2.45, 2.75) is 65.0 Å². The van der Waals surface area contributed by atoms with Crippen LogP contribution in [-0.2, 0) is 21.5 Å². The maximum absolute atomic E-state index is 15.5. The van der Waals surface area contributed by atoms with Gasteiger partial charge in [0, 0.05) is 24.2 Å². The first kappa shape index (κ1) is 33.8. The fraction of sp³-hybridized carbons (Fsp3) is 0.516. The molecule has 2 heterocycles. The molecule has 0 aliphatic carbocycles. The quantitative estimate of drug-likeness (QED) is 0.218. The predicted octanol–water partition coefficient (Wildman–Crippen LogP) is 4.61. The number of fused-ring (bicyclic) bond motifs is 1. The van der Waals surface area contributed by atoms with E-state index in [-0.39, 0.29) is 67.9 Å². The molecule has 2 aromatic rings. The molecule has 0 spiro atoms. The SMILES string of the molecule is CCOc1cc2c(c(F)c1OCC)C(=N)N(CC(=O)c1cc(N3CC(O)C(OC(=O)C(F)(F)F)C3)c(OC)c(C(C)(C)C)c1)C2. The number of aliphatic hydroxyl groups is 1. The number of hydrogen-bond donors (Lipinski definition) is 2. The van der Waals surface area contributed by atoms with E-state index in [1.165, 1.54) is 23.0 Å². The number of alkyl halides is 3. The number of esters is 1. The highest BCUT2D eigenvalue weighted by molar-refractivity contribution is 6.06. The number of β-amino-alcohol motifs (C(OH)–C–C–N with tert-alkyl or cyclic N) is 1. The molecule has 1 fully saturated rings. The van der Waals surface area contributed by atoms with Crippen molar-refractivity contribution in [3.05, 3.63) is 46.3 Å². The standard InChI is InChI=1S/C31H37F4N3O7/c1-7-43-22-11-17-12-38(28(36)24(17)25(32)27(22)44-8-2)13-20(39)16-9-18(30(3,4)5)26(42-6)19(10-16)37-14-21(40)23(15-37)45-29(41)31(33,34)35/h9-11,21,23,36,40H,7-8,12-15H2,1-6H3. The van der Waals surface area contributed by atoms with E-state index in [2.05, 4.69) is 4.74 Å². The number of carbonyl (C=O) groups excluding carboxylic acids is 2. The smallest absolute Gasteiger partial charge is 0.490 e. The number of halogens is 4. The van der Waals surface area contributed by atoms with Crippen LogP contribution < -0.4 is 19.1 Å². The molecule has 1 saturated heterocycles. The van der Waals surface area contributed by atoms with Gasteiger partial charge in [0.05, 0.1) is 44.7 Å². The molecule has 0 bridgehead atoms. The van der Waals surface area contributed by atoms with Gasteiger partial charge in [0.2, 0.25) is 0 Å². The Balaban J connectivity index is 1.66. The second kappa shape index (κ2) is 12.7. The first-order valence-corrected chi connectivity index (χ1v) is 14.4. The zero-order valence-electron chi connectivity index (χ0n) is 25.9. The molecule has 2 aliphatic heterocycles. The van der Waals surface area contributed by atoms with Crippen LogP contribution in [0.5, 0.6) is 17.2 Å². The van der Waals surface area contributed by atoms with Crippen molar-refractivity contribution in [1.82, 2.24) is 4.90 Å². The van der Waals surface area contributed by atoms with Crippen molar-refractivity contribution < 1.29 is 51.2 Å². The second-order valence-electron chi connectivity index (χ2n) is 11.8. The van der Waals surface area contributed by atoms with E-state index in [4.69, 9.17) is 19.6 Å². The number of nitrogens with one attached hydrogen (secondary N) is 1. The first-order chi connectivity index (χ1) is 21.0. The van der Waals surface area contributed by atoms with Gasteiger partial charge < -0.3 is 33.9 Å². The molecule has 2 aromatic carbocycles. The topological polar surface area (TPSA) is 122 Å². The number of aliphatic hydroxyl groups excluding tert-OH is 1. The number of methoxy groups -OCH3 is 1. The number of ether oxygens (including phenoxy) is 4. The van der Waals surface area contributed by atoms with Crippen LogP contribution in [0.2, 0.25) is 0 Å². The average Bonchev–Trinajstić information content (AvgIpc) is 3.47. The summed E-state index contributed by atoms with van der Waals surface area (Å²) in [6.07, 6.45) is -8.12. The molecular weight excluding hydrogens is 602 g/mol. The van der Waals surface area contributed by atoms with Crippen molar-refractivity contribution in [3.8, 4) is 17.2 Å². The Morgan fingerprint density at radius 3 is 2.29 bits per heavy atom. The van der Waals surface area contributed by atoms with Gasteiger partial charge in [-0.15, -0.1) is 0 Å². The minimum atomic E-state index is -5.22. The van der Waals surface area contributed by atoms with Gasteiger partial charge in [-0.25, -0.2) is 9.18 Å². The van der Waals surface area contributed by atoms with Gasteiger partial charge in [0.15, 0.2) is 23.1 Å². The van der Waals surface area contributed by atoms with Gasteiger partial charge >= 0.3 is 12.1 Å². The van der Waals surface area contributed by atoms with Crippen molar-refractivity contribution in [3.63, 3.8) is 0 Å². The normalized spacial score (nSPS) is 18.2. The van der Waals surface area contributed by atoms with Crippen LogP contribution in [0.25, 0.3) is 0 Å². The van der Waals surface area contributed by atoms with Gasteiger partial charge in [-0.3, -0.25) is 10.2 Å². The lowest BCUT2D eigenvalue weighted by Gasteiger charge is -2.29. The molecule has 2 aliphatic rings. The molecule has 0 aromatic heterocycles. The Kier molecular flexibility index (Phi) is 9.57. The van der Waals surface area contributed by atoms with Crippen LogP contribution in [0, 0.1) is 11.2 Å². The molecule has 45 heavy (non-hydrogen) atoms. The van der Waals surface area contributed by atoms with E-state index in [1.807, 2.05) is 20.8 Å². The maximum atomic E-state index is 15.5. The highest BCUT2D eigenvalue weighted by Crippen LogP contribution is 2.42. The highest BCUT2D eigenvalue weighted by Gasteiger charge is 2.46. The molecule has 14 heteroatoms. The van der Waals surface area contributed by atoms with E-state index in [1.54, 1.807) is 26.0 Å². The molecule has 2 N–H and O–H groups in total. The van der Waals surface area contributed by atoms with Crippen LogP contribution in [-0.4, -0.2) is 85.9 Å². The lowest BCUT2D eigenvalue weighted by atomic mass is 9.84. The minimum Gasteiger partial charge on any atom is -0.494 e. The molecule has 0 radical (unpaired) electrons. The van der Waals surface area contributed by atoms with Gasteiger partial charge in [-0.1, -0.05) is 20.8 Å². The number of nitrogens with zero attached hydrogens (tertiary/aromatic N) is 2. The van der Waals surface area contributed by atoms with Gasteiger partial charge in [-0.05, 0) is 43.0 Å². The zero-order valence-corrected chi connectivity index (χ0v) is 25.9. The third-order valence-corrected chi connectivity index (χ3v) is 7.58. The van der Waals surface area contributed by atoms with Crippen molar-refractivity contribution in [2.75, 3.05) is 44.9 Å². The van der Waals surface area contributed by atoms with Crippen molar-refractivity contribution in [1.29, 1.82) is 5.41 Å². The molecule has 10 nitrogen and oxygen atoms in total. The van der Waals surface area contributed by atoms with Crippen LogP contribution in [0.15, 0.2) is 18.2 Å². The summed E-state index contributed by atoms with van der Waals surface area (Å²) in [6, 6.07) is 4.74. The summed E-state index contributed by atoms with van der Waals surface area (Å²) >= 11 is 0. The monoisotopic (exact) mass is 639 g/mol. The molecule has 246 valence electrons. The van der Waals surface area contributed by atoms with Crippen molar-refractivity contribution >= 4 is 23.3 Å². The summed E-state index contributed by atoms with van der Waals surface area (Å²) in [7, 11) is 1.41. The van der Waals surface area contributed by atoms with E-state index in [0.29, 0.717) is 22.6 Å². The molecular formula is C31H37F4N3O7. The number of amidine groups is 1. The van der Waals surface area contributed by atoms with Gasteiger partial charge in [0.25, 0.3) is 0 Å². The Labute approximate surface area is 258 Å². The van der Waals surface area contributed by atoms with Crippen LogP contribution in [0.1, 0.15) is 61.7 Å². The number of ketones is 1. The summed E-state index contributed by atoms with van der Waals surface area (Å²) in [6.45, 7) is 8.87. The molecule has 0 amide bonds. The predicted molar refractivity (Wildman–Crippen MR) is 156 cm³/mol. The largest absolute Gasteiger partial charge is 0.494 e.